The molecule has 0 aliphatic rings. The van der Waals surface area contributed by atoms with Gasteiger partial charge in [0.05, 0.1) is 11.4 Å². The topological polar surface area (TPSA) is 29.5 Å². The second-order valence-electron chi connectivity index (χ2n) is 13.6. The molecule has 9 aromatic carbocycles. The largest absolute Gasteiger partial charge is 0.456 e. The Labute approximate surface area is 305 Å². The summed E-state index contributed by atoms with van der Waals surface area (Å²) in [6, 6.07) is 66.7. The predicted octanol–water partition coefficient (Wildman–Crippen LogP) is 14.6. The molecule has 0 saturated carbocycles. The van der Waals surface area contributed by atoms with Crippen LogP contribution >= 0.6 is 0 Å². The zero-order valence-electron chi connectivity index (χ0n) is 28.7. The van der Waals surface area contributed by atoms with E-state index in [0.717, 1.165) is 82.8 Å². The van der Waals surface area contributed by atoms with Crippen LogP contribution in [0.15, 0.2) is 197 Å². The molecule has 53 heavy (non-hydrogen) atoms. The van der Waals surface area contributed by atoms with Crippen molar-refractivity contribution in [3.63, 3.8) is 0 Å². The molecule has 0 spiro atoms. The number of rotatable bonds is 5. The van der Waals surface area contributed by atoms with Crippen LogP contribution in [0.4, 0.5) is 17.1 Å². The molecule has 0 fully saturated rings. The van der Waals surface area contributed by atoms with E-state index in [2.05, 4.69) is 181 Å². The minimum Gasteiger partial charge on any atom is -0.456 e. The van der Waals surface area contributed by atoms with Gasteiger partial charge in [0.15, 0.2) is 0 Å². The monoisotopic (exact) mass is 677 g/mol. The molecule has 0 saturated heterocycles. The fraction of sp³-hybridized carbons (Fsp3) is 0. The summed E-state index contributed by atoms with van der Waals surface area (Å²) in [5.41, 5.74) is 11.4. The van der Waals surface area contributed by atoms with Crippen molar-refractivity contribution in [3.8, 4) is 22.3 Å². The van der Waals surface area contributed by atoms with Gasteiger partial charge in [-0.25, -0.2) is 0 Å². The highest BCUT2D eigenvalue weighted by Gasteiger charge is 2.24. The molecule has 2 aromatic heterocycles. The Balaban J connectivity index is 1.22. The van der Waals surface area contributed by atoms with Crippen LogP contribution in [0.2, 0.25) is 0 Å². The van der Waals surface area contributed by atoms with Gasteiger partial charge in [0.2, 0.25) is 0 Å². The summed E-state index contributed by atoms with van der Waals surface area (Å²) in [5, 5.41) is 8.94. The zero-order valence-corrected chi connectivity index (χ0v) is 28.7. The Bertz CT molecular complexity index is 3160. The van der Waals surface area contributed by atoms with Crippen LogP contribution in [-0.2, 0) is 0 Å². The minimum atomic E-state index is 0.855. The van der Waals surface area contributed by atoms with E-state index in [1.165, 1.54) is 21.9 Å². The van der Waals surface area contributed by atoms with Gasteiger partial charge in [-0.15, -0.1) is 0 Å². The van der Waals surface area contributed by atoms with Crippen molar-refractivity contribution >= 4 is 82.5 Å². The summed E-state index contributed by atoms with van der Waals surface area (Å²) < 4.78 is 13.2. The van der Waals surface area contributed by atoms with Gasteiger partial charge in [0.25, 0.3) is 0 Å². The van der Waals surface area contributed by atoms with Crippen molar-refractivity contribution in [2.75, 3.05) is 4.90 Å². The molecule has 0 aliphatic heterocycles. The molecular weight excluding hydrogens is 647 g/mol. The Morgan fingerprint density at radius 1 is 0.340 bits per heavy atom. The van der Waals surface area contributed by atoms with Gasteiger partial charge in [-0.05, 0) is 70.1 Å². The first kappa shape index (κ1) is 29.6. The Kier molecular flexibility index (Phi) is 6.55. The van der Waals surface area contributed by atoms with E-state index in [9.17, 15) is 0 Å². The number of fused-ring (bicyclic) bond motifs is 9. The molecule has 0 unspecified atom stereocenters. The summed E-state index contributed by atoms with van der Waals surface area (Å²) in [6.07, 6.45) is 0. The van der Waals surface area contributed by atoms with Gasteiger partial charge in [-0.3, -0.25) is 0 Å². The van der Waals surface area contributed by atoms with Crippen LogP contribution < -0.4 is 4.90 Å². The molecule has 3 nitrogen and oxygen atoms in total. The Morgan fingerprint density at radius 3 is 1.70 bits per heavy atom. The molecule has 0 atom stereocenters. The number of nitrogens with zero attached hydrogens (tertiary/aromatic N) is 1. The minimum absolute atomic E-state index is 0.855. The van der Waals surface area contributed by atoms with Gasteiger partial charge >= 0.3 is 0 Å². The third-order valence-electron chi connectivity index (χ3n) is 10.7. The summed E-state index contributed by atoms with van der Waals surface area (Å²) >= 11 is 0. The normalized spacial score (nSPS) is 11.8. The molecule has 11 aromatic rings. The number of benzene rings is 9. The molecule has 0 amide bonds. The fourth-order valence-electron chi connectivity index (χ4n) is 8.28. The van der Waals surface area contributed by atoms with Crippen LogP contribution in [0.3, 0.4) is 0 Å². The van der Waals surface area contributed by atoms with E-state index in [1.54, 1.807) is 0 Å². The summed E-state index contributed by atoms with van der Waals surface area (Å²) in [4.78, 5) is 2.42. The van der Waals surface area contributed by atoms with Crippen LogP contribution in [0.25, 0.3) is 87.7 Å². The van der Waals surface area contributed by atoms with E-state index in [-0.39, 0.29) is 0 Å². The van der Waals surface area contributed by atoms with Crippen LogP contribution in [-0.4, -0.2) is 0 Å². The lowest BCUT2D eigenvalue weighted by atomic mass is 9.94. The molecule has 248 valence electrons. The second-order valence-corrected chi connectivity index (χ2v) is 13.6. The lowest BCUT2D eigenvalue weighted by Crippen LogP contribution is -2.11. The second kappa shape index (κ2) is 11.7. The van der Waals surface area contributed by atoms with Gasteiger partial charge in [0.1, 0.15) is 22.3 Å². The van der Waals surface area contributed by atoms with E-state index >= 15 is 0 Å². The van der Waals surface area contributed by atoms with Gasteiger partial charge in [-0.2, -0.15) is 0 Å². The van der Waals surface area contributed by atoms with Crippen LogP contribution in [0.1, 0.15) is 0 Å². The molecule has 0 bridgehead atoms. The third kappa shape index (κ3) is 4.61. The summed E-state index contributed by atoms with van der Waals surface area (Å²) in [7, 11) is 0. The van der Waals surface area contributed by atoms with E-state index < -0.39 is 0 Å². The molecule has 2 heterocycles. The third-order valence-corrected chi connectivity index (χ3v) is 10.7. The lowest BCUT2D eigenvalue weighted by Gasteiger charge is -2.28. The predicted molar refractivity (Wildman–Crippen MR) is 222 cm³/mol. The highest BCUT2D eigenvalue weighted by Crippen LogP contribution is 2.48. The number of anilines is 3. The van der Waals surface area contributed by atoms with Crippen molar-refractivity contribution < 1.29 is 8.83 Å². The maximum Gasteiger partial charge on any atom is 0.143 e. The van der Waals surface area contributed by atoms with Crippen LogP contribution in [0.5, 0.6) is 0 Å². The quantitative estimate of drug-likeness (QED) is 0.182. The maximum atomic E-state index is 6.85. The van der Waals surface area contributed by atoms with Crippen molar-refractivity contribution in [2.45, 2.75) is 0 Å². The Morgan fingerprint density at radius 2 is 0.906 bits per heavy atom. The number of furan rings is 2. The van der Waals surface area contributed by atoms with E-state index in [4.69, 9.17) is 8.83 Å². The molecule has 0 N–H and O–H groups in total. The van der Waals surface area contributed by atoms with Crippen LogP contribution in [0, 0.1) is 0 Å². The standard InChI is InChI=1S/C50H31NO2/c1-2-13-32(14-3-1)33-27-29-35(30-28-33)51(43-23-10-16-34-15-4-5-17-36(34)43)44-31-42-49-39(22-12-26-47(49)53-50(42)40-19-7-6-18-37(40)44)38-21-11-25-46-48(38)41-20-8-9-24-45(41)52-46/h1-31H. The first-order valence-electron chi connectivity index (χ1n) is 18.0. The lowest BCUT2D eigenvalue weighted by molar-refractivity contribution is 0.669. The maximum absolute atomic E-state index is 6.85. The van der Waals surface area contributed by atoms with Gasteiger partial charge in [-0.1, -0.05) is 146 Å². The van der Waals surface area contributed by atoms with Crippen molar-refractivity contribution in [3.05, 3.63) is 188 Å². The summed E-state index contributed by atoms with van der Waals surface area (Å²) in [6.45, 7) is 0. The number of hydrogen-bond donors (Lipinski definition) is 0. The fourth-order valence-corrected chi connectivity index (χ4v) is 8.28. The summed E-state index contributed by atoms with van der Waals surface area (Å²) in [5.74, 6) is 0. The molecule has 0 aliphatic carbocycles. The zero-order chi connectivity index (χ0) is 34.9. The van der Waals surface area contributed by atoms with Gasteiger partial charge in [0, 0.05) is 43.4 Å². The first-order valence-corrected chi connectivity index (χ1v) is 18.0. The smallest absolute Gasteiger partial charge is 0.143 e. The Hall–Kier alpha value is -7.10. The molecular formula is C50H31NO2. The first-order chi connectivity index (χ1) is 26.3. The number of hydrogen-bond acceptors (Lipinski definition) is 3. The SMILES string of the molecule is c1ccc(-c2ccc(N(c3cccc4ccccc34)c3cc4c(oc5cccc(-c6cccc7oc8ccccc8c67)c54)c4ccccc34)cc2)cc1. The van der Waals surface area contributed by atoms with E-state index in [1.807, 2.05) is 12.1 Å². The average Bonchev–Trinajstić information content (AvgIpc) is 3.81. The molecule has 11 rings (SSSR count). The van der Waals surface area contributed by atoms with Crippen molar-refractivity contribution in [1.29, 1.82) is 0 Å². The van der Waals surface area contributed by atoms with Crippen molar-refractivity contribution in [1.82, 2.24) is 0 Å². The van der Waals surface area contributed by atoms with Gasteiger partial charge < -0.3 is 13.7 Å². The van der Waals surface area contributed by atoms with E-state index in [0.29, 0.717) is 0 Å². The molecule has 3 heteroatoms. The highest BCUT2D eigenvalue weighted by molar-refractivity contribution is 6.25. The highest BCUT2D eigenvalue weighted by atomic mass is 16.3. The van der Waals surface area contributed by atoms with Crippen molar-refractivity contribution in [2.24, 2.45) is 0 Å². The number of para-hydroxylation sites is 1. The average molecular weight is 678 g/mol. The molecule has 0 radical (unpaired) electrons.